The maximum Gasteiger partial charge on any atom is 0.407 e. The van der Waals surface area contributed by atoms with Crippen molar-refractivity contribution in [1.82, 2.24) is 16.0 Å². The number of carbonyl (C=O) groups is 3. The minimum absolute atomic E-state index is 0.288. The molecule has 0 saturated carbocycles. The second-order valence-corrected chi connectivity index (χ2v) is 10.7. The number of hydrogen-bond donors (Lipinski definition) is 3. The van der Waals surface area contributed by atoms with Crippen LogP contribution in [0, 0.1) is 0 Å². The van der Waals surface area contributed by atoms with Gasteiger partial charge in [-0.1, -0.05) is 66.2 Å². The minimum atomic E-state index is -0.744. The van der Waals surface area contributed by atoms with Crippen molar-refractivity contribution in [2.24, 2.45) is 0 Å². The second kappa shape index (κ2) is 14.4. The van der Waals surface area contributed by atoms with E-state index < -0.39 is 17.7 Å². The average Bonchev–Trinajstić information content (AvgIpc) is 2.90. The summed E-state index contributed by atoms with van der Waals surface area (Å²) >= 11 is 6.06. The summed E-state index contributed by atoms with van der Waals surface area (Å²) in [5.74, 6) is -0.617. The van der Waals surface area contributed by atoms with Crippen LogP contribution in [0.4, 0.5) is 4.79 Å². The molecule has 7 nitrogen and oxygen atoms in total. The van der Waals surface area contributed by atoms with E-state index in [1.807, 2.05) is 54.6 Å². The van der Waals surface area contributed by atoms with E-state index in [9.17, 15) is 14.4 Å². The van der Waals surface area contributed by atoms with Crippen LogP contribution in [0.2, 0.25) is 5.02 Å². The molecule has 0 fully saturated rings. The van der Waals surface area contributed by atoms with E-state index in [0.29, 0.717) is 36.4 Å². The summed E-state index contributed by atoms with van der Waals surface area (Å²) in [6, 6.07) is 23.7. The van der Waals surface area contributed by atoms with Gasteiger partial charge in [0.15, 0.2) is 0 Å². The highest BCUT2D eigenvalue weighted by molar-refractivity contribution is 6.30. The van der Waals surface area contributed by atoms with Gasteiger partial charge in [0.25, 0.3) is 5.91 Å². The summed E-state index contributed by atoms with van der Waals surface area (Å²) in [6.45, 7) is 6.10. The highest BCUT2D eigenvalue weighted by atomic mass is 35.5. The van der Waals surface area contributed by atoms with Gasteiger partial charge in [-0.3, -0.25) is 9.59 Å². The van der Waals surface area contributed by atoms with Crippen LogP contribution in [0.25, 0.3) is 11.1 Å². The lowest BCUT2D eigenvalue weighted by atomic mass is 10.0. The molecule has 0 aliphatic heterocycles. The predicted octanol–water partition coefficient (Wildman–Crippen LogP) is 6.12. The molecule has 0 bridgehead atoms. The standard InChI is InChI=1S/C31H36ClN3O4/c1-31(2,3)39-30(38)33-19-8-7-14-27(29(37)34-21-22-10-9-13-26(32)20-22)35-28(36)25-17-15-24(16-18-25)23-11-5-4-6-12-23/h4-6,9-13,15-18,20,27H,7-8,14,19,21H2,1-3H3,(H,33,38)(H,34,37)(H,35,36)/t27-/m0/s1. The lowest BCUT2D eigenvalue weighted by Crippen LogP contribution is -2.46. The van der Waals surface area contributed by atoms with Gasteiger partial charge in [0.1, 0.15) is 11.6 Å². The summed E-state index contributed by atoms with van der Waals surface area (Å²) in [5, 5.41) is 9.08. The predicted molar refractivity (Wildman–Crippen MR) is 155 cm³/mol. The molecule has 0 aliphatic carbocycles. The first-order valence-electron chi connectivity index (χ1n) is 13.1. The SMILES string of the molecule is CC(C)(C)OC(=O)NCCCC[C@H](NC(=O)c1ccc(-c2ccccc2)cc1)C(=O)NCc1cccc(Cl)c1. The van der Waals surface area contributed by atoms with Gasteiger partial charge in [-0.2, -0.15) is 0 Å². The quantitative estimate of drug-likeness (QED) is 0.251. The molecule has 3 N–H and O–H groups in total. The Balaban J connectivity index is 1.59. The number of amides is 3. The Morgan fingerprint density at radius 2 is 1.54 bits per heavy atom. The number of halogens is 1. The monoisotopic (exact) mass is 549 g/mol. The van der Waals surface area contributed by atoms with Gasteiger partial charge >= 0.3 is 6.09 Å². The van der Waals surface area contributed by atoms with Gasteiger partial charge in [0, 0.05) is 23.7 Å². The van der Waals surface area contributed by atoms with Gasteiger partial charge in [0.05, 0.1) is 0 Å². The fraction of sp³-hybridized carbons (Fsp3) is 0.323. The molecule has 3 rings (SSSR count). The van der Waals surface area contributed by atoms with Crippen LogP contribution < -0.4 is 16.0 Å². The van der Waals surface area contributed by atoms with Crippen LogP contribution in [0.1, 0.15) is 56.0 Å². The zero-order valence-corrected chi connectivity index (χ0v) is 23.4. The Morgan fingerprint density at radius 3 is 2.21 bits per heavy atom. The molecule has 3 amide bonds. The van der Waals surface area contributed by atoms with E-state index in [1.54, 1.807) is 45.0 Å². The first-order valence-corrected chi connectivity index (χ1v) is 13.4. The zero-order valence-electron chi connectivity index (χ0n) is 22.6. The number of alkyl carbamates (subject to hydrolysis) is 1. The van der Waals surface area contributed by atoms with Gasteiger partial charge in [0.2, 0.25) is 5.91 Å². The summed E-state index contributed by atoms with van der Waals surface area (Å²) < 4.78 is 5.24. The molecule has 0 aliphatic rings. The smallest absolute Gasteiger partial charge is 0.407 e. The van der Waals surface area contributed by atoms with E-state index in [2.05, 4.69) is 16.0 Å². The topological polar surface area (TPSA) is 96.5 Å². The van der Waals surface area contributed by atoms with E-state index in [0.717, 1.165) is 16.7 Å². The summed E-state index contributed by atoms with van der Waals surface area (Å²) in [6.07, 6.45) is 1.16. The van der Waals surface area contributed by atoms with Crippen molar-refractivity contribution >= 4 is 29.5 Å². The molecule has 0 saturated heterocycles. The number of hydrogen-bond acceptors (Lipinski definition) is 4. The summed E-state index contributed by atoms with van der Waals surface area (Å²) in [4.78, 5) is 38.0. The van der Waals surface area contributed by atoms with Crippen molar-refractivity contribution in [1.29, 1.82) is 0 Å². The van der Waals surface area contributed by atoms with Crippen molar-refractivity contribution in [3.63, 3.8) is 0 Å². The van der Waals surface area contributed by atoms with Crippen LogP contribution in [0.15, 0.2) is 78.9 Å². The molecule has 0 aromatic heterocycles. The van der Waals surface area contributed by atoms with Gasteiger partial charge in [-0.05, 0) is 81.0 Å². The largest absolute Gasteiger partial charge is 0.444 e. The molecule has 0 radical (unpaired) electrons. The Kier molecular flexibility index (Phi) is 10.9. The number of ether oxygens (including phenoxy) is 1. The van der Waals surface area contributed by atoms with Crippen molar-refractivity contribution in [2.75, 3.05) is 6.54 Å². The van der Waals surface area contributed by atoms with Crippen LogP contribution in [0.3, 0.4) is 0 Å². The van der Waals surface area contributed by atoms with Crippen LogP contribution in [0.5, 0.6) is 0 Å². The van der Waals surface area contributed by atoms with Gasteiger partial charge in [-0.25, -0.2) is 4.79 Å². The normalized spacial score (nSPS) is 11.8. The first-order chi connectivity index (χ1) is 18.6. The number of benzene rings is 3. The van der Waals surface area contributed by atoms with Crippen molar-refractivity contribution in [3.8, 4) is 11.1 Å². The molecule has 0 unspecified atom stereocenters. The number of carbonyl (C=O) groups excluding carboxylic acids is 3. The molecule has 206 valence electrons. The highest BCUT2D eigenvalue weighted by Gasteiger charge is 2.21. The van der Waals surface area contributed by atoms with Crippen LogP contribution in [-0.2, 0) is 16.1 Å². The molecule has 39 heavy (non-hydrogen) atoms. The minimum Gasteiger partial charge on any atom is -0.444 e. The molecule has 8 heteroatoms. The van der Waals surface area contributed by atoms with Crippen LogP contribution in [-0.4, -0.2) is 36.1 Å². The van der Waals surface area contributed by atoms with E-state index >= 15 is 0 Å². The maximum atomic E-state index is 13.1. The number of unbranched alkanes of at least 4 members (excludes halogenated alkanes) is 1. The van der Waals surface area contributed by atoms with E-state index in [4.69, 9.17) is 16.3 Å². The fourth-order valence-corrected chi connectivity index (χ4v) is 4.11. The molecule has 3 aromatic rings. The zero-order chi connectivity index (χ0) is 28.3. The molecule has 0 spiro atoms. The maximum absolute atomic E-state index is 13.1. The Labute approximate surface area is 235 Å². The Morgan fingerprint density at radius 1 is 0.846 bits per heavy atom. The third kappa shape index (κ3) is 10.4. The van der Waals surface area contributed by atoms with Gasteiger partial charge in [-0.15, -0.1) is 0 Å². The molecular formula is C31H36ClN3O4. The third-order valence-corrected chi connectivity index (χ3v) is 6.05. The van der Waals surface area contributed by atoms with Gasteiger partial charge < -0.3 is 20.7 Å². The average molecular weight is 550 g/mol. The second-order valence-electron chi connectivity index (χ2n) is 10.2. The van der Waals surface area contributed by atoms with Crippen molar-refractivity contribution in [3.05, 3.63) is 95.0 Å². The molecular weight excluding hydrogens is 514 g/mol. The third-order valence-electron chi connectivity index (χ3n) is 5.82. The fourth-order valence-electron chi connectivity index (χ4n) is 3.89. The summed E-state index contributed by atoms with van der Waals surface area (Å²) in [5.41, 5.74) is 2.82. The highest BCUT2D eigenvalue weighted by Crippen LogP contribution is 2.19. The lowest BCUT2D eigenvalue weighted by Gasteiger charge is -2.20. The Hall–Kier alpha value is -3.84. The molecule has 3 aromatic carbocycles. The lowest BCUT2D eigenvalue weighted by molar-refractivity contribution is -0.123. The Bertz CT molecular complexity index is 1240. The molecule has 0 heterocycles. The molecule has 1 atom stereocenters. The van der Waals surface area contributed by atoms with Crippen molar-refractivity contribution in [2.45, 2.75) is 58.2 Å². The number of nitrogens with one attached hydrogen (secondary N) is 3. The first kappa shape index (κ1) is 29.7. The van der Waals surface area contributed by atoms with E-state index in [1.165, 1.54) is 0 Å². The van der Waals surface area contributed by atoms with Crippen LogP contribution >= 0.6 is 11.6 Å². The van der Waals surface area contributed by atoms with Crippen molar-refractivity contribution < 1.29 is 19.1 Å². The van der Waals surface area contributed by atoms with E-state index in [-0.39, 0.29) is 18.4 Å². The summed E-state index contributed by atoms with van der Waals surface area (Å²) in [7, 11) is 0. The number of rotatable bonds is 11.